The van der Waals surface area contributed by atoms with Gasteiger partial charge in [-0.25, -0.2) is 8.42 Å². The van der Waals surface area contributed by atoms with Gasteiger partial charge in [0.1, 0.15) is 0 Å². The lowest BCUT2D eigenvalue weighted by Crippen LogP contribution is -2.51. The number of hydrogen-bond donors (Lipinski definition) is 0. The smallest absolute Gasteiger partial charge is 0.243 e. The van der Waals surface area contributed by atoms with Gasteiger partial charge in [0.05, 0.1) is 11.4 Å². The van der Waals surface area contributed by atoms with Crippen LogP contribution in [-0.2, 0) is 14.8 Å². The molecule has 8 heteroatoms. The normalized spacial score (nSPS) is 15.2. The second kappa shape index (κ2) is 8.29. The minimum absolute atomic E-state index is 0.121. The second-order valence-electron chi connectivity index (χ2n) is 6.42. The highest BCUT2D eigenvalue weighted by Gasteiger charge is 2.27. The molecule has 0 spiro atoms. The fourth-order valence-corrected chi connectivity index (χ4v) is 4.26. The summed E-state index contributed by atoms with van der Waals surface area (Å²) >= 11 is 5.81. The number of amides is 1. The maximum atomic E-state index is 12.6. The van der Waals surface area contributed by atoms with Crippen molar-refractivity contribution in [3.63, 3.8) is 0 Å². The first-order valence-corrected chi connectivity index (χ1v) is 10.5. The quantitative estimate of drug-likeness (QED) is 0.763. The number of carbonyl (C=O) groups is 1. The number of sulfonamides is 1. The van der Waals surface area contributed by atoms with Crippen LogP contribution >= 0.6 is 11.6 Å². The van der Waals surface area contributed by atoms with Crippen molar-refractivity contribution in [3.8, 4) is 0 Å². The molecule has 144 valence electrons. The molecule has 1 saturated heterocycles. The minimum atomic E-state index is -3.73. The summed E-state index contributed by atoms with van der Waals surface area (Å²) in [6.45, 7) is 2.41. The Bertz CT molecular complexity index is 880. The number of anilines is 1. The SMILES string of the molecule is CN(CC(=O)N1CCN(c2ccccc2)CC1)S(=O)(=O)c1ccc(Cl)cc1. The van der Waals surface area contributed by atoms with Crippen molar-refractivity contribution < 1.29 is 13.2 Å². The molecule has 0 aliphatic carbocycles. The Hall–Kier alpha value is -2.09. The van der Waals surface area contributed by atoms with Crippen molar-refractivity contribution in [2.24, 2.45) is 0 Å². The highest BCUT2D eigenvalue weighted by Crippen LogP contribution is 2.18. The third kappa shape index (κ3) is 4.61. The van der Waals surface area contributed by atoms with Gasteiger partial charge in [0.2, 0.25) is 15.9 Å². The molecule has 0 unspecified atom stereocenters. The van der Waals surface area contributed by atoms with E-state index in [2.05, 4.69) is 4.90 Å². The maximum Gasteiger partial charge on any atom is 0.243 e. The highest BCUT2D eigenvalue weighted by molar-refractivity contribution is 7.89. The zero-order valence-electron chi connectivity index (χ0n) is 15.1. The molecule has 1 amide bonds. The van der Waals surface area contributed by atoms with Crippen LogP contribution < -0.4 is 4.90 Å². The van der Waals surface area contributed by atoms with Gasteiger partial charge in [0.25, 0.3) is 0 Å². The van der Waals surface area contributed by atoms with Crippen LogP contribution in [-0.4, -0.2) is 63.3 Å². The molecule has 0 atom stereocenters. The van der Waals surface area contributed by atoms with Crippen LogP contribution in [0.5, 0.6) is 0 Å². The van der Waals surface area contributed by atoms with Crippen molar-refractivity contribution in [2.75, 3.05) is 44.7 Å². The van der Waals surface area contributed by atoms with Gasteiger partial charge in [-0.2, -0.15) is 4.31 Å². The molecule has 0 saturated carbocycles. The van der Waals surface area contributed by atoms with Crippen LogP contribution in [0.1, 0.15) is 0 Å². The number of benzene rings is 2. The van der Waals surface area contributed by atoms with Gasteiger partial charge in [0, 0.05) is 43.9 Å². The molecule has 0 bridgehead atoms. The van der Waals surface area contributed by atoms with E-state index in [-0.39, 0.29) is 17.3 Å². The number of piperazine rings is 1. The summed E-state index contributed by atoms with van der Waals surface area (Å²) in [5, 5.41) is 0.462. The third-order valence-electron chi connectivity index (χ3n) is 4.63. The molecule has 6 nitrogen and oxygen atoms in total. The van der Waals surface area contributed by atoms with E-state index in [0.29, 0.717) is 18.1 Å². The number of likely N-dealkylation sites (N-methyl/N-ethyl adjacent to an activating group) is 1. The second-order valence-corrected chi connectivity index (χ2v) is 8.90. The molecule has 3 rings (SSSR count). The van der Waals surface area contributed by atoms with Crippen LogP contribution in [0.25, 0.3) is 0 Å². The largest absolute Gasteiger partial charge is 0.368 e. The van der Waals surface area contributed by atoms with E-state index in [1.165, 1.54) is 31.3 Å². The summed E-state index contributed by atoms with van der Waals surface area (Å²) in [6.07, 6.45) is 0. The first-order chi connectivity index (χ1) is 12.9. The Kier molecular flexibility index (Phi) is 6.04. The van der Waals surface area contributed by atoms with Gasteiger partial charge in [-0.1, -0.05) is 29.8 Å². The minimum Gasteiger partial charge on any atom is -0.368 e. The molecule has 0 aromatic heterocycles. The zero-order valence-corrected chi connectivity index (χ0v) is 16.7. The lowest BCUT2D eigenvalue weighted by Gasteiger charge is -2.36. The summed E-state index contributed by atoms with van der Waals surface area (Å²) in [5.41, 5.74) is 1.13. The average Bonchev–Trinajstić information content (AvgIpc) is 2.69. The predicted octanol–water partition coefficient (Wildman–Crippen LogP) is 2.31. The average molecular weight is 408 g/mol. The fraction of sp³-hybridized carbons (Fsp3) is 0.316. The van der Waals surface area contributed by atoms with E-state index < -0.39 is 10.0 Å². The van der Waals surface area contributed by atoms with E-state index in [9.17, 15) is 13.2 Å². The van der Waals surface area contributed by atoms with E-state index in [1.54, 1.807) is 4.90 Å². The summed E-state index contributed by atoms with van der Waals surface area (Å²) in [7, 11) is -2.31. The molecule has 1 aliphatic heterocycles. The first-order valence-electron chi connectivity index (χ1n) is 8.67. The van der Waals surface area contributed by atoms with Crippen molar-refractivity contribution in [2.45, 2.75) is 4.90 Å². The van der Waals surface area contributed by atoms with Gasteiger partial charge >= 0.3 is 0 Å². The van der Waals surface area contributed by atoms with Crippen LogP contribution in [0.4, 0.5) is 5.69 Å². The summed E-state index contributed by atoms with van der Waals surface area (Å²) in [5.74, 6) is -0.192. The highest BCUT2D eigenvalue weighted by atomic mass is 35.5. The van der Waals surface area contributed by atoms with Crippen molar-refractivity contribution >= 4 is 33.2 Å². The number of halogens is 1. The van der Waals surface area contributed by atoms with Gasteiger partial charge in [-0.15, -0.1) is 0 Å². The monoisotopic (exact) mass is 407 g/mol. The number of carbonyl (C=O) groups excluding carboxylic acids is 1. The summed E-state index contributed by atoms with van der Waals surface area (Å²) < 4.78 is 26.3. The van der Waals surface area contributed by atoms with E-state index in [0.717, 1.165) is 23.1 Å². The standard InChI is InChI=1S/C19H22ClN3O3S/c1-21(27(25,26)18-9-7-16(20)8-10-18)15-19(24)23-13-11-22(12-14-23)17-5-3-2-4-6-17/h2-10H,11-15H2,1H3. The van der Waals surface area contributed by atoms with E-state index in [4.69, 9.17) is 11.6 Å². The maximum absolute atomic E-state index is 12.6. The van der Waals surface area contributed by atoms with Gasteiger partial charge < -0.3 is 9.80 Å². The number of hydrogen-bond acceptors (Lipinski definition) is 4. The van der Waals surface area contributed by atoms with Gasteiger partial charge in [0.15, 0.2) is 0 Å². The molecule has 1 fully saturated rings. The van der Waals surface area contributed by atoms with Crippen LogP contribution in [0.15, 0.2) is 59.5 Å². The van der Waals surface area contributed by atoms with E-state index in [1.807, 2.05) is 30.3 Å². The van der Waals surface area contributed by atoms with Crippen LogP contribution in [0.3, 0.4) is 0 Å². The Labute approximate surface area is 165 Å². The first kappa shape index (κ1) is 19.7. The molecule has 2 aromatic carbocycles. The molecular formula is C19H22ClN3O3S. The molecular weight excluding hydrogens is 386 g/mol. The Morgan fingerprint density at radius 1 is 1.00 bits per heavy atom. The summed E-state index contributed by atoms with van der Waals surface area (Å²) in [4.78, 5) is 16.6. The van der Waals surface area contributed by atoms with Crippen molar-refractivity contribution in [3.05, 3.63) is 59.6 Å². The van der Waals surface area contributed by atoms with Gasteiger partial charge in [-0.3, -0.25) is 4.79 Å². The van der Waals surface area contributed by atoms with E-state index >= 15 is 0 Å². The number of rotatable bonds is 5. The topological polar surface area (TPSA) is 60.9 Å². The van der Waals surface area contributed by atoms with Crippen LogP contribution in [0.2, 0.25) is 5.02 Å². The van der Waals surface area contributed by atoms with Crippen molar-refractivity contribution in [1.29, 1.82) is 0 Å². The molecule has 2 aromatic rings. The lowest BCUT2D eigenvalue weighted by molar-refractivity contribution is -0.131. The zero-order chi connectivity index (χ0) is 19.4. The fourth-order valence-electron chi connectivity index (χ4n) is 3.01. The Morgan fingerprint density at radius 3 is 2.19 bits per heavy atom. The molecule has 1 aliphatic rings. The van der Waals surface area contributed by atoms with Crippen molar-refractivity contribution in [1.82, 2.24) is 9.21 Å². The summed E-state index contributed by atoms with van der Waals surface area (Å²) in [6, 6.07) is 16.0. The van der Waals surface area contributed by atoms with Gasteiger partial charge in [-0.05, 0) is 36.4 Å². The molecule has 1 heterocycles. The molecule has 27 heavy (non-hydrogen) atoms. The molecule has 0 radical (unpaired) electrons. The lowest BCUT2D eigenvalue weighted by atomic mass is 10.2. The van der Waals surface area contributed by atoms with Crippen LogP contribution in [0, 0.1) is 0 Å². The Balaban J connectivity index is 1.58. The molecule has 0 N–H and O–H groups in total. The number of para-hydroxylation sites is 1. The Morgan fingerprint density at radius 2 is 1.59 bits per heavy atom. The number of nitrogens with zero attached hydrogens (tertiary/aromatic N) is 3. The third-order valence-corrected chi connectivity index (χ3v) is 6.70. The predicted molar refractivity (Wildman–Crippen MR) is 107 cm³/mol.